The molecule has 1 unspecified atom stereocenters. The number of hydrogen-bond donors (Lipinski definition) is 1. The highest BCUT2D eigenvalue weighted by Gasteiger charge is 2.46. The molecule has 1 aliphatic heterocycles. The third-order valence-electron chi connectivity index (χ3n) is 6.04. The lowest BCUT2D eigenvalue weighted by atomic mass is 10.00. The van der Waals surface area contributed by atoms with Gasteiger partial charge in [0.1, 0.15) is 11.4 Å². The minimum absolute atomic E-state index is 0.279. The lowest BCUT2D eigenvalue weighted by molar-refractivity contribution is -0.125. The van der Waals surface area contributed by atoms with Crippen molar-refractivity contribution in [1.29, 1.82) is 5.26 Å². The maximum absolute atomic E-state index is 13.2. The Morgan fingerprint density at radius 1 is 1.09 bits per heavy atom. The van der Waals surface area contributed by atoms with Gasteiger partial charge in [0.15, 0.2) is 0 Å². The van der Waals surface area contributed by atoms with Crippen molar-refractivity contribution in [2.24, 2.45) is 5.92 Å². The summed E-state index contributed by atoms with van der Waals surface area (Å²) in [6.45, 7) is 1.79. The van der Waals surface area contributed by atoms with Crippen LogP contribution in [0.1, 0.15) is 18.4 Å². The van der Waals surface area contributed by atoms with Gasteiger partial charge in [0.25, 0.3) is 0 Å². The van der Waals surface area contributed by atoms with E-state index in [0.717, 1.165) is 11.4 Å². The number of aromatic nitrogens is 1. The molecule has 0 radical (unpaired) electrons. The molecular weight excluding hydrogens is 426 g/mol. The van der Waals surface area contributed by atoms with Gasteiger partial charge in [-0.1, -0.05) is 36.4 Å². The molecule has 32 heavy (non-hydrogen) atoms. The monoisotopic (exact) mass is 453 g/mol. The maximum atomic E-state index is 13.2. The molecule has 2 fully saturated rings. The summed E-state index contributed by atoms with van der Waals surface area (Å²) in [7, 11) is -3.65. The molecule has 168 valence electrons. The van der Waals surface area contributed by atoms with E-state index < -0.39 is 21.5 Å². The van der Waals surface area contributed by atoms with Gasteiger partial charge in [0.05, 0.1) is 17.7 Å². The van der Waals surface area contributed by atoms with Crippen molar-refractivity contribution in [3.05, 3.63) is 60.3 Å². The number of benzene rings is 1. The quantitative estimate of drug-likeness (QED) is 0.650. The first-order chi connectivity index (χ1) is 15.4. The Hall–Kier alpha value is -2.96. The van der Waals surface area contributed by atoms with Gasteiger partial charge in [-0.25, -0.2) is 13.4 Å². The zero-order valence-corrected chi connectivity index (χ0v) is 18.7. The minimum Gasteiger partial charge on any atom is -0.354 e. The van der Waals surface area contributed by atoms with Crippen LogP contribution in [0.3, 0.4) is 0 Å². The minimum atomic E-state index is -3.65. The first-order valence-corrected chi connectivity index (χ1v) is 12.4. The van der Waals surface area contributed by atoms with Crippen molar-refractivity contribution >= 4 is 21.7 Å². The van der Waals surface area contributed by atoms with Crippen LogP contribution in [0.25, 0.3) is 0 Å². The summed E-state index contributed by atoms with van der Waals surface area (Å²) < 4.78 is 27.9. The molecule has 1 saturated carbocycles. The molecule has 0 spiro atoms. The fourth-order valence-corrected chi connectivity index (χ4v) is 5.66. The first-order valence-electron chi connectivity index (χ1n) is 10.8. The van der Waals surface area contributed by atoms with Gasteiger partial charge in [-0.15, -0.1) is 0 Å². The predicted molar refractivity (Wildman–Crippen MR) is 121 cm³/mol. The number of nitrogens with zero attached hydrogens (tertiary/aromatic N) is 4. The molecule has 1 N–H and O–H groups in total. The topological polar surface area (TPSA) is 106 Å². The van der Waals surface area contributed by atoms with Crippen molar-refractivity contribution in [2.75, 3.05) is 36.8 Å². The van der Waals surface area contributed by atoms with Crippen LogP contribution in [0.5, 0.6) is 0 Å². The van der Waals surface area contributed by atoms with Gasteiger partial charge in [-0.3, -0.25) is 4.79 Å². The average Bonchev–Trinajstić information content (AvgIpc) is 3.60. The number of sulfonamides is 1. The second kappa shape index (κ2) is 9.27. The summed E-state index contributed by atoms with van der Waals surface area (Å²) in [5, 5.41) is 12.1. The third-order valence-corrected chi connectivity index (χ3v) is 8.01. The van der Waals surface area contributed by atoms with E-state index in [4.69, 9.17) is 0 Å². The summed E-state index contributed by atoms with van der Waals surface area (Å²) in [5.74, 6) is -0.582. The van der Waals surface area contributed by atoms with Crippen molar-refractivity contribution in [2.45, 2.75) is 24.8 Å². The Labute approximate surface area is 188 Å². The van der Waals surface area contributed by atoms with Crippen LogP contribution in [-0.2, 0) is 21.2 Å². The third kappa shape index (κ3) is 5.26. The van der Waals surface area contributed by atoms with E-state index in [1.807, 2.05) is 48.5 Å². The molecule has 4 rings (SSSR count). The lowest BCUT2D eigenvalue weighted by Crippen LogP contribution is -2.51. The highest BCUT2D eigenvalue weighted by molar-refractivity contribution is 7.89. The van der Waals surface area contributed by atoms with Gasteiger partial charge in [-0.05, 0) is 37.0 Å². The molecule has 1 aliphatic carbocycles. The van der Waals surface area contributed by atoms with Crippen molar-refractivity contribution < 1.29 is 13.2 Å². The Morgan fingerprint density at radius 2 is 1.78 bits per heavy atom. The summed E-state index contributed by atoms with van der Waals surface area (Å²) in [6, 6.07) is 17.2. The van der Waals surface area contributed by atoms with Gasteiger partial charge in [0, 0.05) is 32.4 Å². The number of anilines is 1. The molecule has 1 atom stereocenters. The number of nitriles is 1. The molecule has 2 heterocycles. The van der Waals surface area contributed by atoms with E-state index in [2.05, 4.69) is 21.3 Å². The number of rotatable bonds is 8. The zero-order chi connectivity index (χ0) is 22.6. The Morgan fingerprint density at radius 3 is 2.38 bits per heavy atom. The molecule has 8 nitrogen and oxygen atoms in total. The number of amides is 1. The molecule has 9 heteroatoms. The van der Waals surface area contributed by atoms with Crippen molar-refractivity contribution in [3.63, 3.8) is 0 Å². The van der Waals surface area contributed by atoms with Gasteiger partial charge in [0.2, 0.25) is 15.9 Å². The van der Waals surface area contributed by atoms with Crippen LogP contribution in [0.4, 0.5) is 5.82 Å². The Balaban J connectivity index is 1.44. The van der Waals surface area contributed by atoms with E-state index in [1.165, 1.54) is 4.31 Å². The van der Waals surface area contributed by atoms with Crippen LogP contribution < -0.4 is 10.2 Å². The van der Waals surface area contributed by atoms with Crippen molar-refractivity contribution in [1.82, 2.24) is 14.6 Å². The molecule has 1 amide bonds. The molecular formula is C23H27N5O3S. The second-order valence-corrected chi connectivity index (χ2v) is 10.4. The fraction of sp³-hybridized carbons (Fsp3) is 0.435. The van der Waals surface area contributed by atoms with E-state index in [-0.39, 0.29) is 11.7 Å². The Bertz CT molecular complexity index is 1070. The number of nitrogens with one attached hydrogen (secondary N) is 1. The zero-order valence-electron chi connectivity index (χ0n) is 17.9. The summed E-state index contributed by atoms with van der Waals surface area (Å²) >= 11 is 0. The molecule has 0 bridgehead atoms. The standard InChI is InChI=1S/C23H27N5O3S/c24-18-23(9-10-23)26-22(29)20(16-19-6-2-1-3-7-19)17-32(30,31)28-14-12-27(13-15-28)21-8-4-5-11-25-21/h1-8,11,20H,9-10,12-17H2,(H,26,29). The van der Waals surface area contributed by atoms with E-state index in [9.17, 15) is 18.5 Å². The fourth-order valence-electron chi connectivity index (χ4n) is 3.95. The van der Waals surface area contributed by atoms with E-state index in [1.54, 1.807) is 6.20 Å². The maximum Gasteiger partial charge on any atom is 0.225 e. The van der Waals surface area contributed by atoms with Crippen LogP contribution in [0.2, 0.25) is 0 Å². The summed E-state index contributed by atoms with van der Waals surface area (Å²) in [4.78, 5) is 19.4. The molecule has 2 aromatic rings. The van der Waals surface area contributed by atoms with Crippen LogP contribution in [-0.4, -0.2) is 61.1 Å². The van der Waals surface area contributed by atoms with Crippen molar-refractivity contribution in [3.8, 4) is 6.07 Å². The van der Waals surface area contributed by atoms with Crippen LogP contribution in [0, 0.1) is 17.2 Å². The lowest BCUT2D eigenvalue weighted by Gasteiger charge is -2.35. The number of piperazine rings is 1. The SMILES string of the molecule is N#CC1(NC(=O)C(Cc2ccccc2)CS(=O)(=O)N2CCN(c3ccccn3)CC2)CC1. The highest BCUT2D eigenvalue weighted by Crippen LogP contribution is 2.34. The Kier molecular flexibility index (Phi) is 6.44. The van der Waals surface area contributed by atoms with Crippen LogP contribution >= 0.6 is 0 Å². The normalized spacial score (nSPS) is 19.0. The summed E-state index contributed by atoms with van der Waals surface area (Å²) in [5.41, 5.74) is 0.0639. The van der Waals surface area contributed by atoms with Gasteiger partial charge >= 0.3 is 0 Å². The van der Waals surface area contributed by atoms with Gasteiger partial charge in [-0.2, -0.15) is 9.57 Å². The largest absolute Gasteiger partial charge is 0.354 e. The van der Waals surface area contributed by atoms with E-state index in [0.29, 0.717) is 45.4 Å². The molecule has 1 aromatic heterocycles. The smallest absolute Gasteiger partial charge is 0.225 e. The second-order valence-electron chi connectivity index (χ2n) is 8.42. The average molecular weight is 454 g/mol. The first kappa shape index (κ1) is 22.2. The number of carbonyl (C=O) groups is 1. The predicted octanol–water partition coefficient (Wildman–Crippen LogP) is 1.56. The van der Waals surface area contributed by atoms with Crippen LogP contribution in [0.15, 0.2) is 54.7 Å². The van der Waals surface area contributed by atoms with Gasteiger partial charge < -0.3 is 10.2 Å². The highest BCUT2D eigenvalue weighted by atomic mass is 32.2. The molecule has 2 aliphatic rings. The van der Waals surface area contributed by atoms with E-state index >= 15 is 0 Å². The number of carbonyl (C=O) groups excluding carboxylic acids is 1. The molecule has 1 saturated heterocycles. The summed E-state index contributed by atoms with van der Waals surface area (Å²) in [6.07, 6.45) is 3.24. The molecule has 1 aromatic carbocycles. The number of hydrogen-bond acceptors (Lipinski definition) is 6. The number of pyridine rings is 1.